The molecule has 0 saturated heterocycles. The zero-order valence-electron chi connectivity index (χ0n) is 16.0. The van der Waals surface area contributed by atoms with Gasteiger partial charge in [-0.1, -0.05) is 34.8 Å². The molecule has 2 aromatic carbocycles. The van der Waals surface area contributed by atoms with Crippen molar-refractivity contribution < 1.29 is 22.8 Å². The second-order valence-electron chi connectivity index (χ2n) is 7.27. The standard InChI is InChI=1S/C20H14Cl5F3N2O2/c1-8(20(26,27)28)17(31)30-14-7-12(2-3-13(14)23)29-18(32)16-15(19(16,24)25)9-4-10(21)6-11(22)5-9/h2-8,15-16H,1H3,(H,29,32)(H,30,31)/t8-,15+,16-/m1/s1. The van der Waals surface area contributed by atoms with Gasteiger partial charge in [0, 0.05) is 21.7 Å². The summed E-state index contributed by atoms with van der Waals surface area (Å²) in [5.74, 6) is -5.51. The molecule has 0 aliphatic heterocycles. The summed E-state index contributed by atoms with van der Waals surface area (Å²) in [4.78, 5) is 24.7. The highest BCUT2D eigenvalue weighted by Crippen LogP contribution is 2.65. The van der Waals surface area contributed by atoms with Gasteiger partial charge in [0.2, 0.25) is 11.8 Å². The maximum atomic E-state index is 12.8. The Kier molecular flexibility index (Phi) is 7.18. The minimum atomic E-state index is -4.71. The van der Waals surface area contributed by atoms with Crippen LogP contribution in [0.5, 0.6) is 0 Å². The first-order valence-corrected chi connectivity index (χ1v) is 10.9. The van der Waals surface area contributed by atoms with E-state index in [9.17, 15) is 22.8 Å². The highest BCUT2D eigenvalue weighted by atomic mass is 35.5. The highest BCUT2D eigenvalue weighted by Gasteiger charge is 2.67. The van der Waals surface area contributed by atoms with Crippen molar-refractivity contribution in [2.24, 2.45) is 11.8 Å². The molecule has 1 aliphatic rings. The largest absolute Gasteiger partial charge is 0.400 e. The fraction of sp³-hybridized carbons (Fsp3) is 0.300. The van der Waals surface area contributed by atoms with E-state index in [-0.39, 0.29) is 16.4 Å². The van der Waals surface area contributed by atoms with Crippen LogP contribution in [0.3, 0.4) is 0 Å². The molecule has 2 aromatic rings. The Morgan fingerprint density at radius 1 is 1.00 bits per heavy atom. The first-order valence-electron chi connectivity index (χ1n) is 9.03. The van der Waals surface area contributed by atoms with E-state index in [0.29, 0.717) is 15.6 Å². The fourth-order valence-electron chi connectivity index (χ4n) is 3.13. The molecule has 12 heteroatoms. The Bertz CT molecular complexity index is 1060. The van der Waals surface area contributed by atoms with E-state index >= 15 is 0 Å². The third kappa shape index (κ3) is 5.39. The number of alkyl halides is 5. The Morgan fingerprint density at radius 3 is 2.16 bits per heavy atom. The van der Waals surface area contributed by atoms with Gasteiger partial charge in [-0.2, -0.15) is 13.2 Å². The molecule has 2 N–H and O–H groups in total. The van der Waals surface area contributed by atoms with Crippen LogP contribution in [-0.4, -0.2) is 22.3 Å². The van der Waals surface area contributed by atoms with Gasteiger partial charge in [0.25, 0.3) is 0 Å². The summed E-state index contributed by atoms with van der Waals surface area (Å²) < 4.78 is 36.9. The molecule has 0 heterocycles. The number of benzene rings is 2. The van der Waals surface area contributed by atoms with Crippen molar-refractivity contribution in [1.82, 2.24) is 0 Å². The molecule has 3 rings (SSSR count). The van der Waals surface area contributed by atoms with E-state index in [1.807, 2.05) is 0 Å². The van der Waals surface area contributed by atoms with E-state index < -0.39 is 40.1 Å². The minimum absolute atomic E-state index is 0.00683. The molecule has 0 bridgehead atoms. The van der Waals surface area contributed by atoms with Crippen LogP contribution >= 0.6 is 58.0 Å². The number of carbonyl (C=O) groups excluding carboxylic acids is 2. The lowest BCUT2D eigenvalue weighted by atomic mass is 10.1. The minimum Gasteiger partial charge on any atom is -0.326 e. The van der Waals surface area contributed by atoms with E-state index in [1.54, 1.807) is 12.1 Å². The summed E-state index contributed by atoms with van der Waals surface area (Å²) in [6.45, 7) is 0.727. The molecule has 2 amide bonds. The van der Waals surface area contributed by atoms with Crippen molar-refractivity contribution in [2.45, 2.75) is 23.4 Å². The zero-order valence-corrected chi connectivity index (χ0v) is 19.8. The van der Waals surface area contributed by atoms with Gasteiger partial charge in [-0.15, -0.1) is 23.2 Å². The van der Waals surface area contributed by atoms with Crippen molar-refractivity contribution in [3.05, 3.63) is 57.0 Å². The number of anilines is 2. The number of halogens is 8. The van der Waals surface area contributed by atoms with E-state index in [0.717, 1.165) is 6.92 Å². The normalized spacial score (nSPS) is 20.4. The predicted octanol–water partition coefficient (Wildman–Crippen LogP) is 7.31. The SMILES string of the molecule is C[C@H](C(=O)Nc1cc(NC(=O)[C@H]2[C@H](c3cc(Cl)cc(Cl)c3)C2(Cl)Cl)ccc1Cl)C(F)(F)F. The topological polar surface area (TPSA) is 58.2 Å². The van der Waals surface area contributed by atoms with Crippen LogP contribution in [0.1, 0.15) is 18.4 Å². The fourth-order valence-corrected chi connectivity index (χ4v) is 4.67. The van der Waals surface area contributed by atoms with Crippen LogP contribution in [-0.2, 0) is 9.59 Å². The third-order valence-corrected chi connectivity index (χ3v) is 6.66. The average molecular weight is 549 g/mol. The summed E-state index contributed by atoms with van der Waals surface area (Å²) in [6, 6.07) is 8.70. The van der Waals surface area contributed by atoms with Crippen molar-refractivity contribution in [2.75, 3.05) is 10.6 Å². The maximum absolute atomic E-state index is 12.8. The Hall–Kier alpha value is -1.38. The molecule has 0 spiro atoms. The van der Waals surface area contributed by atoms with Crippen molar-refractivity contribution >= 4 is 81.2 Å². The summed E-state index contributed by atoms with van der Waals surface area (Å²) in [5, 5.41) is 5.40. The van der Waals surface area contributed by atoms with Crippen LogP contribution in [0.4, 0.5) is 24.5 Å². The van der Waals surface area contributed by atoms with Gasteiger partial charge in [-0.3, -0.25) is 9.59 Å². The van der Waals surface area contributed by atoms with Crippen LogP contribution in [0, 0.1) is 11.8 Å². The first kappa shape index (κ1) is 25.2. The van der Waals surface area contributed by atoms with Crippen molar-refractivity contribution in [3.8, 4) is 0 Å². The number of rotatable bonds is 5. The molecule has 1 saturated carbocycles. The zero-order chi connectivity index (χ0) is 24.0. The monoisotopic (exact) mass is 546 g/mol. The molecule has 0 aromatic heterocycles. The number of hydrogen-bond acceptors (Lipinski definition) is 2. The van der Waals surface area contributed by atoms with Crippen molar-refractivity contribution in [1.29, 1.82) is 0 Å². The Morgan fingerprint density at radius 2 is 1.59 bits per heavy atom. The summed E-state index contributed by atoms with van der Waals surface area (Å²) >= 11 is 30.6. The molecular weight excluding hydrogens is 534 g/mol. The second kappa shape index (κ2) is 9.11. The van der Waals surface area contributed by atoms with Crippen LogP contribution in [0.25, 0.3) is 0 Å². The number of hydrogen-bond donors (Lipinski definition) is 2. The molecule has 1 aliphatic carbocycles. The molecule has 3 atom stereocenters. The predicted molar refractivity (Wildman–Crippen MR) is 121 cm³/mol. The van der Waals surface area contributed by atoms with E-state index in [2.05, 4.69) is 10.6 Å². The van der Waals surface area contributed by atoms with Gasteiger partial charge in [-0.05, 0) is 48.9 Å². The van der Waals surface area contributed by atoms with Crippen LogP contribution in [0.2, 0.25) is 15.1 Å². The van der Waals surface area contributed by atoms with Crippen molar-refractivity contribution in [3.63, 3.8) is 0 Å². The summed E-state index contributed by atoms with van der Waals surface area (Å²) in [5.41, 5.74) is 0.661. The Labute approximate surface area is 206 Å². The smallest absolute Gasteiger partial charge is 0.326 e. The maximum Gasteiger partial charge on any atom is 0.400 e. The molecule has 4 nitrogen and oxygen atoms in total. The van der Waals surface area contributed by atoms with Gasteiger partial charge in [0.15, 0.2) is 0 Å². The molecular formula is C20H14Cl5F3N2O2. The summed E-state index contributed by atoms with van der Waals surface area (Å²) in [7, 11) is 0. The molecule has 1 fully saturated rings. The number of carbonyl (C=O) groups is 2. The lowest BCUT2D eigenvalue weighted by Gasteiger charge is -2.16. The third-order valence-electron chi connectivity index (χ3n) is 4.96. The molecule has 32 heavy (non-hydrogen) atoms. The van der Waals surface area contributed by atoms with Gasteiger partial charge in [0.05, 0.1) is 16.6 Å². The average Bonchev–Trinajstić information content (AvgIpc) is 3.24. The highest BCUT2D eigenvalue weighted by molar-refractivity contribution is 6.53. The lowest BCUT2D eigenvalue weighted by Crippen LogP contribution is -2.32. The van der Waals surface area contributed by atoms with E-state index in [1.165, 1.54) is 24.3 Å². The molecule has 0 unspecified atom stereocenters. The van der Waals surface area contributed by atoms with Crippen LogP contribution in [0.15, 0.2) is 36.4 Å². The van der Waals surface area contributed by atoms with Gasteiger partial charge in [0.1, 0.15) is 10.3 Å². The second-order valence-corrected chi connectivity index (χ2v) is 9.99. The molecule has 0 radical (unpaired) electrons. The van der Waals surface area contributed by atoms with Gasteiger partial charge in [-0.25, -0.2) is 0 Å². The number of amides is 2. The quantitative estimate of drug-likeness (QED) is 0.385. The van der Waals surface area contributed by atoms with Crippen LogP contribution < -0.4 is 10.6 Å². The van der Waals surface area contributed by atoms with E-state index in [4.69, 9.17) is 58.0 Å². The first-order chi connectivity index (χ1) is 14.7. The number of nitrogens with one attached hydrogen (secondary N) is 2. The van der Waals surface area contributed by atoms with Gasteiger partial charge >= 0.3 is 6.18 Å². The Balaban J connectivity index is 1.76. The lowest BCUT2D eigenvalue weighted by molar-refractivity contribution is -0.175. The van der Waals surface area contributed by atoms with Gasteiger partial charge < -0.3 is 10.6 Å². The molecule has 172 valence electrons. The summed E-state index contributed by atoms with van der Waals surface area (Å²) in [6.07, 6.45) is -4.71.